The van der Waals surface area contributed by atoms with Gasteiger partial charge in [0.1, 0.15) is 11.6 Å². The molecular weight excluding hydrogens is 329 g/mol. The summed E-state index contributed by atoms with van der Waals surface area (Å²) in [6, 6.07) is 4.87. The van der Waals surface area contributed by atoms with Gasteiger partial charge in [0, 0.05) is 24.6 Å². The van der Waals surface area contributed by atoms with Gasteiger partial charge in [-0.15, -0.1) is 0 Å². The van der Waals surface area contributed by atoms with Crippen LogP contribution in [0.15, 0.2) is 28.9 Å². The Morgan fingerprint density at radius 3 is 3.21 bits per heavy atom. The van der Waals surface area contributed by atoms with Crippen LogP contribution in [0.25, 0.3) is 10.2 Å². The summed E-state index contributed by atoms with van der Waals surface area (Å²) in [5.74, 6) is 0.668. The Labute approximate surface area is 142 Å². The van der Waals surface area contributed by atoms with Crippen LogP contribution in [-0.4, -0.2) is 22.5 Å². The first kappa shape index (κ1) is 15.1. The summed E-state index contributed by atoms with van der Waals surface area (Å²) < 4.78 is 19.9. The number of aryl methyl sites for hydroxylation is 2. The van der Waals surface area contributed by atoms with Crippen molar-refractivity contribution >= 4 is 32.7 Å². The second-order valence-corrected chi connectivity index (χ2v) is 6.94. The Kier molecular flexibility index (Phi) is 3.72. The van der Waals surface area contributed by atoms with Crippen molar-refractivity contribution in [1.82, 2.24) is 9.88 Å². The van der Waals surface area contributed by atoms with Gasteiger partial charge < -0.3 is 9.32 Å². The van der Waals surface area contributed by atoms with E-state index in [0.29, 0.717) is 29.3 Å². The van der Waals surface area contributed by atoms with Crippen molar-refractivity contribution in [2.24, 2.45) is 0 Å². The molecule has 7 heteroatoms. The van der Waals surface area contributed by atoms with Crippen molar-refractivity contribution in [2.75, 3.05) is 11.9 Å². The first-order valence-electron chi connectivity index (χ1n) is 7.78. The van der Waals surface area contributed by atoms with Crippen molar-refractivity contribution in [3.63, 3.8) is 0 Å². The highest BCUT2D eigenvalue weighted by Crippen LogP contribution is 2.28. The molecule has 0 radical (unpaired) electrons. The summed E-state index contributed by atoms with van der Waals surface area (Å²) in [5.41, 5.74) is 2.18. The number of hydrogen-bond donors (Lipinski definition) is 1. The predicted octanol–water partition coefficient (Wildman–Crippen LogP) is 4.32. The molecule has 1 aromatic carbocycles. The van der Waals surface area contributed by atoms with Crippen LogP contribution in [0, 0.1) is 12.7 Å². The molecule has 0 aliphatic carbocycles. The Bertz CT molecular complexity index is 879. The number of aromatic nitrogens is 1. The summed E-state index contributed by atoms with van der Waals surface area (Å²) >= 11 is 1.35. The van der Waals surface area contributed by atoms with Crippen molar-refractivity contribution in [2.45, 2.75) is 26.3 Å². The number of thiazole rings is 1. The number of carbonyl (C=O) groups is 1. The number of nitrogens with one attached hydrogen (secondary N) is 1. The van der Waals surface area contributed by atoms with Crippen LogP contribution in [0.1, 0.15) is 23.3 Å². The standard InChI is InChI=1S/C17H16FN3O2S/c1-10-7-15-13(8-12(10)18)19-16(24-15)20-17(22)21-5-2-3-14-11(9-21)4-6-23-14/h4,6-8H,2-3,5,9H2,1H3,(H,19,20,22). The number of urea groups is 1. The topological polar surface area (TPSA) is 58.4 Å². The van der Waals surface area contributed by atoms with Gasteiger partial charge >= 0.3 is 6.03 Å². The third-order valence-corrected chi connectivity index (χ3v) is 5.13. The number of carbonyl (C=O) groups excluding carboxylic acids is 1. The molecule has 0 saturated carbocycles. The average Bonchev–Trinajstić information content (AvgIpc) is 3.08. The zero-order valence-corrected chi connectivity index (χ0v) is 14.0. The number of nitrogens with zero attached hydrogens (tertiary/aromatic N) is 2. The quantitative estimate of drug-likeness (QED) is 0.715. The molecule has 0 atom stereocenters. The predicted molar refractivity (Wildman–Crippen MR) is 90.8 cm³/mol. The van der Waals surface area contributed by atoms with Crippen molar-refractivity contribution in [3.8, 4) is 0 Å². The van der Waals surface area contributed by atoms with Crippen LogP contribution in [0.3, 0.4) is 0 Å². The Morgan fingerprint density at radius 1 is 1.46 bits per heavy atom. The molecule has 3 aromatic rings. The Morgan fingerprint density at radius 2 is 2.33 bits per heavy atom. The molecule has 4 rings (SSSR count). The maximum Gasteiger partial charge on any atom is 0.323 e. The van der Waals surface area contributed by atoms with E-state index >= 15 is 0 Å². The average molecular weight is 345 g/mol. The molecule has 0 fully saturated rings. The maximum absolute atomic E-state index is 13.6. The summed E-state index contributed by atoms with van der Waals surface area (Å²) in [6.45, 7) is 2.90. The summed E-state index contributed by atoms with van der Waals surface area (Å²) in [5, 5.41) is 3.32. The van der Waals surface area contributed by atoms with Crippen LogP contribution in [0.5, 0.6) is 0 Å². The maximum atomic E-state index is 13.6. The molecule has 1 aliphatic heterocycles. The second-order valence-electron chi connectivity index (χ2n) is 5.91. The Hall–Kier alpha value is -2.41. The number of anilines is 1. The van der Waals surface area contributed by atoms with E-state index in [0.717, 1.165) is 28.9 Å². The minimum absolute atomic E-state index is 0.194. The van der Waals surface area contributed by atoms with Crippen LogP contribution in [0.4, 0.5) is 14.3 Å². The first-order valence-corrected chi connectivity index (χ1v) is 8.59. The van der Waals surface area contributed by atoms with E-state index in [4.69, 9.17) is 4.42 Å². The fourth-order valence-corrected chi connectivity index (χ4v) is 3.83. The van der Waals surface area contributed by atoms with Gasteiger partial charge in [-0.3, -0.25) is 5.32 Å². The van der Waals surface area contributed by atoms with Gasteiger partial charge in [-0.1, -0.05) is 11.3 Å². The summed E-state index contributed by atoms with van der Waals surface area (Å²) in [4.78, 5) is 18.6. The molecule has 0 spiro atoms. The normalized spacial score (nSPS) is 14.5. The van der Waals surface area contributed by atoms with Gasteiger partial charge in [0.25, 0.3) is 0 Å². The van der Waals surface area contributed by atoms with Crippen molar-refractivity contribution < 1.29 is 13.6 Å². The number of fused-ring (bicyclic) bond motifs is 2. The highest BCUT2D eigenvalue weighted by molar-refractivity contribution is 7.22. The number of amides is 2. The van der Waals surface area contributed by atoms with E-state index in [2.05, 4.69) is 10.3 Å². The second kappa shape index (κ2) is 5.90. The zero-order chi connectivity index (χ0) is 16.7. The van der Waals surface area contributed by atoms with E-state index in [1.54, 1.807) is 24.2 Å². The SMILES string of the molecule is Cc1cc2sc(NC(=O)N3CCCc4occc4C3)nc2cc1F. The van der Waals surface area contributed by atoms with Gasteiger partial charge in [0.05, 0.1) is 23.0 Å². The highest BCUT2D eigenvalue weighted by Gasteiger charge is 2.21. The molecule has 0 saturated heterocycles. The van der Waals surface area contributed by atoms with E-state index in [-0.39, 0.29) is 11.8 Å². The first-order chi connectivity index (χ1) is 11.6. The largest absolute Gasteiger partial charge is 0.469 e. The Balaban J connectivity index is 1.53. The van der Waals surface area contributed by atoms with Crippen molar-refractivity contribution in [3.05, 3.63) is 47.2 Å². The van der Waals surface area contributed by atoms with Crippen molar-refractivity contribution in [1.29, 1.82) is 0 Å². The van der Waals surface area contributed by atoms with E-state index in [1.807, 2.05) is 6.07 Å². The van der Waals surface area contributed by atoms with Gasteiger partial charge in [-0.2, -0.15) is 0 Å². The third kappa shape index (κ3) is 2.75. The summed E-state index contributed by atoms with van der Waals surface area (Å²) in [7, 11) is 0. The van der Waals surface area contributed by atoms with Gasteiger partial charge in [-0.25, -0.2) is 14.2 Å². The minimum atomic E-state index is -0.286. The van der Waals surface area contributed by atoms with E-state index in [9.17, 15) is 9.18 Å². The zero-order valence-electron chi connectivity index (χ0n) is 13.1. The van der Waals surface area contributed by atoms with Crippen LogP contribution in [0.2, 0.25) is 0 Å². The molecule has 2 aromatic heterocycles. The van der Waals surface area contributed by atoms with Gasteiger partial charge in [0.2, 0.25) is 0 Å². The lowest BCUT2D eigenvalue weighted by molar-refractivity contribution is 0.210. The summed E-state index contributed by atoms with van der Waals surface area (Å²) in [6.07, 6.45) is 3.36. The molecule has 0 unspecified atom stereocenters. The molecule has 1 N–H and O–H groups in total. The van der Waals surface area contributed by atoms with Crippen LogP contribution in [-0.2, 0) is 13.0 Å². The number of benzene rings is 1. The van der Waals surface area contributed by atoms with E-state index in [1.165, 1.54) is 17.4 Å². The molecule has 5 nitrogen and oxygen atoms in total. The lowest BCUT2D eigenvalue weighted by atomic mass is 10.2. The lowest BCUT2D eigenvalue weighted by Gasteiger charge is -2.19. The number of rotatable bonds is 1. The molecule has 0 bridgehead atoms. The monoisotopic (exact) mass is 345 g/mol. The molecular formula is C17H16FN3O2S. The fourth-order valence-electron chi connectivity index (χ4n) is 2.89. The third-order valence-electron chi connectivity index (χ3n) is 4.20. The highest BCUT2D eigenvalue weighted by atomic mass is 32.1. The van der Waals surface area contributed by atoms with Gasteiger partial charge in [-0.05, 0) is 31.0 Å². The molecule has 3 heterocycles. The minimum Gasteiger partial charge on any atom is -0.469 e. The number of halogens is 1. The smallest absolute Gasteiger partial charge is 0.323 e. The van der Waals surface area contributed by atoms with Crippen LogP contribution >= 0.6 is 11.3 Å². The van der Waals surface area contributed by atoms with Gasteiger partial charge in [0.15, 0.2) is 5.13 Å². The molecule has 2 amide bonds. The fraction of sp³-hybridized carbons (Fsp3) is 0.294. The number of hydrogen-bond acceptors (Lipinski definition) is 4. The van der Waals surface area contributed by atoms with Crippen LogP contribution < -0.4 is 5.32 Å². The molecule has 124 valence electrons. The van der Waals surface area contributed by atoms with E-state index < -0.39 is 0 Å². The number of furan rings is 1. The lowest BCUT2D eigenvalue weighted by Crippen LogP contribution is -2.34. The molecule has 24 heavy (non-hydrogen) atoms. The molecule has 1 aliphatic rings.